The van der Waals surface area contributed by atoms with Crippen LogP contribution in [-0.4, -0.2) is 18.6 Å². The van der Waals surface area contributed by atoms with Gasteiger partial charge in [-0.1, -0.05) is 18.2 Å². The summed E-state index contributed by atoms with van der Waals surface area (Å²) in [6.07, 6.45) is -0.242. The number of alkyl halides is 1. The van der Waals surface area contributed by atoms with Gasteiger partial charge in [0.1, 0.15) is 6.17 Å². The summed E-state index contributed by atoms with van der Waals surface area (Å²) >= 11 is 0. The Labute approximate surface area is 81.1 Å². The van der Waals surface area contributed by atoms with Crippen LogP contribution in [0.15, 0.2) is 24.3 Å². The van der Waals surface area contributed by atoms with Crippen LogP contribution in [-0.2, 0) is 5.41 Å². The highest BCUT2D eigenvalue weighted by Crippen LogP contribution is 2.52. The molecular weight excluding hydrogens is 181 g/mol. The van der Waals surface area contributed by atoms with E-state index in [0.29, 0.717) is 18.5 Å². The molecule has 0 bridgehead atoms. The smallest absolute Gasteiger partial charge is 0.251 e. The zero-order valence-corrected chi connectivity index (χ0v) is 7.59. The van der Waals surface area contributed by atoms with Gasteiger partial charge in [-0.25, -0.2) is 4.39 Å². The second-order valence-electron chi connectivity index (χ2n) is 4.06. The lowest BCUT2D eigenvalue weighted by atomic mass is 9.87. The molecule has 1 N–H and O–H groups in total. The highest BCUT2D eigenvalue weighted by molar-refractivity contribution is 5.97. The lowest BCUT2D eigenvalue weighted by Gasteiger charge is -2.25. The van der Waals surface area contributed by atoms with Crippen LogP contribution in [0.5, 0.6) is 0 Å². The summed E-state index contributed by atoms with van der Waals surface area (Å²) in [5, 5.41) is 2.74. The first-order valence-corrected chi connectivity index (χ1v) is 4.76. The van der Waals surface area contributed by atoms with E-state index >= 15 is 0 Å². The Bertz CT molecular complexity index is 418. The zero-order chi connectivity index (χ0) is 9.76. The summed E-state index contributed by atoms with van der Waals surface area (Å²) < 4.78 is 13.3. The van der Waals surface area contributed by atoms with E-state index in [2.05, 4.69) is 5.32 Å². The third kappa shape index (κ3) is 0.820. The van der Waals surface area contributed by atoms with E-state index in [0.717, 1.165) is 5.56 Å². The first-order valence-electron chi connectivity index (χ1n) is 4.76. The Morgan fingerprint density at radius 1 is 1.43 bits per heavy atom. The molecule has 1 aliphatic carbocycles. The monoisotopic (exact) mass is 191 g/mol. The molecule has 2 nitrogen and oxygen atoms in total. The summed E-state index contributed by atoms with van der Waals surface area (Å²) in [4.78, 5) is 11.5. The van der Waals surface area contributed by atoms with Crippen LogP contribution in [0.3, 0.4) is 0 Å². The van der Waals surface area contributed by atoms with E-state index in [1.807, 2.05) is 18.2 Å². The molecule has 1 aromatic rings. The third-order valence-corrected chi connectivity index (χ3v) is 3.26. The molecule has 2 unspecified atom stereocenters. The molecule has 1 saturated carbocycles. The molecule has 2 atom stereocenters. The summed E-state index contributed by atoms with van der Waals surface area (Å²) in [5.41, 5.74) is 1.12. The Balaban J connectivity index is 2.18. The maximum atomic E-state index is 13.3. The standard InChI is InChI=1S/C11H10FNO/c12-9-5-11(9)6-13-10(14)7-3-1-2-4-8(7)11/h1-4,9H,5-6H2,(H,13,14). The number of amides is 1. The maximum absolute atomic E-state index is 13.3. The molecule has 1 heterocycles. The average molecular weight is 191 g/mol. The second kappa shape index (κ2) is 2.35. The molecule has 1 aliphatic heterocycles. The average Bonchev–Trinajstić information content (AvgIpc) is 2.86. The first-order chi connectivity index (χ1) is 6.74. The van der Waals surface area contributed by atoms with Gasteiger partial charge in [0.15, 0.2) is 0 Å². The molecule has 1 fully saturated rings. The summed E-state index contributed by atoms with van der Waals surface area (Å²) in [7, 11) is 0. The maximum Gasteiger partial charge on any atom is 0.251 e. The summed E-state index contributed by atoms with van der Waals surface area (Å²) in [6.45, 7) is 0.448. The van der Waals surface area contributed by atoms with Crippen molar-refractivity contribution in [1.29, 1.82) is 0 Å². The van der Waals surface area contributed by atoms with Gasteiger partial charge >= 0.3 is 0 Å². The fourth-order valence-corrected chi connectivity index (χ4v) is 2.27. The predicted molar refractivity (Wildman–Crippen MR) is 50.0 cm³/mol. The molecule has 3 rings (SSSR count). The minimum atomic E-state index is -0.788. The minimum absolute atomic E-state index is 0.0784. The van der Waals surface area contributed by atoms with Crippen molar-refractivity contribution in [2.75, 3.05) is 6.54 Å². The van der Waals surface area contributed by atoms with E-state index in [1.54, 1.807) is 6.07 Å². The van der Waals surface area contributed by atoms with Crippen molar-refractivity contribution in [2.24, 2.45) is 0 Å². The highest BCUT2D eigenvalue weighted by atomic mass is 19.1. The van der Waals surface area contributed by atoms with Crippen molar-refractivity contribution in [3.63, 3.8) is 0 Å². The number of halogens is 1. The van der Waals surface area contributed by atoms with Gasteiger partial charge in [-0.2, -0.15) is 0 Å². The van der Waals surface area contributed by atoms with Crippen molar-refractivity contribution >= 4 is 5.91 Å². The van der Waals surface area contributed by atoms with Crippen LogP contribution >= 0.6 is 0 Å². The van der Waals surface area contributed by atoms with Crippen molar-refractivity contribution < 1.29 is 9.18 Å². The Morgan fingerprint density at radius 3 is 2.86 bits per heavy atom. The van der Waals surface area contributed by atoms with Crippen LogP contribution in [0.25, 0.3) is 0 Å². The van der Waals surface area contributed by atoms with E-state index in [-0.39, 0.29) is 5.91 Å². The van der Waals surface area contributed by atoms with Gasteiger partial charge in [-0.05, 0) is 18.1 Å². The molecule has 1 spiro atoms. The minimum Gasteiger partial charge on any atom is -0.351 e. The quantitative estimate of drug-likeness (QED) is 0.660. The highest BCUT2D eigenvalue weighted by Gasteiger charge is 2.59. The predicted octanol–water partition coefficient (Wildman–Crippen LogP) is 1.41. The molecule has 1 amide bonds. The Hall–Kier alpha value is -1.38. The lowest BCUT2D eigenvalue weighted by Crippen LogP contribution is -2.40. The van der Waals surface area contributed by atoms with Crippen LogP contribution in [0.2, 0.25) is 0 Å². The number of rotatable bonds is 0. The SMILES string of the molecule is O=C1NCC2(CC2F)c2ccccc21. The molecule has 1 aromatic carbocycles. The Morgan fingerprint density at radius 2 is 2.14 bits per heavy atom. The lowest BCUT2D eigenvalue weighted by molar-refractivity contribution is 0.0935. The fourth-order valence-electron chi connectivity index (χ4n) is 2.27. The molecule has 0 radical (unpaired) electrons. The van der Waals surface area contributed by atoms with Crippen LogP contribution < -0.4 is 5.32 Å². The van der Waals surface area contributed by atoms with Gasteiger partial charge in [0, 0.05) is 17.5 Å². The third-order valence-electron chi connectivity index (χ3n) is 3.26. The van der Waals surface area contributed by atoms with E-state index in [9.17, 15) is 9.18 Å². The summed E-state index contributed by atoms with van der Waals surface area (Å²) in [5.74, 6) is -0.0784. The normalized spacial score (nSPS) is 33.8. The van der Waals surface area contributed by atoms with Crippen molar-refractivity contribution in [3.05, 3.63) is 35.4 Å². The fraction of sp³-hybridized carbons (Fsp3) is 0.364. The van der Waals surface area contributed by atoms with Crippen LogP contribution in [0.4, 0.5) is 4.39 Å². The number of benzene rings is 1. The molecule has 72 valence electrons. The van der Waals surface area contributed by atoms with Crippen LogP contribution in [0.1, 0.15) is 22.3 Å². The Kier molecular flexibility index (Phi) is 1.34. The molecular formula is C11H10FNO. The largest absolute Gasteiger partial charge is 0.351 e. The zero-order valence-electron chi connectivity index (χ0n) is 7.59. The van der Waals surface area contributed by atoms with Gasteiger partial charge in [-0.3, -0.25) is 4.79 Å². The van der Waals surface area contributed by atoms with Gasteiger partial charge in [0.2, 0.25) is 0 Å². The molecule has 3 heteroatoms. The van der Waals surface area contributed by atoms with Crippen LogP contribution in [0, 0.1) is 0 Å². The van der Waals surface area contributed by atoms with E-state index in [4.69, 9.17) is 0 Å². The molecule has 2 aliphatic rings. The summed E-state index contributed by atoms with van der Waals surface area (Å²) in [6, 6.07) is 7.31. The van der Waals surface area contributed by atoms with E-state index < -0.39 is 11.6 Å². The topological polar surface area (TPSA) is 29.1 Å². The van der Waals surface area contributed by atoms with Gasteiger partial charge in [0.25, 0.3) is 5.91 Å². The number of hydrogen-bond donors (Lipinski definition) is 1. The van der Waals surface area contributed by atoms with Gasteiger partial charge in [-0.15, -0.1) is 0 Å². The molecule has 0 saturated heterocycles. The van der Waals surface area contributed by atoms with Gasteiger partial charge in [0.05, 0.1) is 0 Å². The second-order valence-corrected chi connectivity index (χ2v) is 4.06. The number of carbonyl (C=O) groups is 1. The van der Waals surface area contributed by atoms with Crippen molar-refractivity contribution in [2.45, 2.75) is 18.0 Å². The van der Waals surface area contributed by atoms with E-state index in [1.165, 1.54) is 0 Å². The number of nitrogens with one attached hydrogen (secondary N) is 1. The number of carbonyl (C=O) groups excluding carboxylic acids is 1. The van der Waals surface area contributed by atoms with Crippen molar-refractivity contribution in [3.8, 4) is 0 Å². The number of fused-ring (bicyclic) bond motifs is 2. The molecule has 14 heavy (non-hydrogen) atoms. The molecule has 0 aromatic heterocycles. The van der Waals surface area contributed by atoms with Gasteiger partial charge < -0.3 is 5.32 Å². The first kappa shape index (κ1) is 7.97. The van der Waals surface area contributed by atoms with Crippen molar-refractivity contribution in [1.82, 2.24) is 5.32 Å². The number of hydrogen-bond acceptors (Lipinski definition) is 1.